The van der Waals surface area contributed by atoms with Gasteiger partial charge in [-0.05, 0) is 6.92 Å². The Hall–Kier alpha value is -1.35. The molecule has 2 rings (SSSR count). The maximum absolute atomic E-state index is 12.4. The summed E-state index contributed by atoms with van der Waals surface area (Å²) in [5.41, 5.74) is 0. The quantitative estimate of drug-likeness (QED) is 0.625. The van der Waals surface area contributed by atoms with Gasteiger partial charge >= 0.3 is 12.0 Å². The van der Waals surface area contributed by atoms with Crippen LogP contribution >= 0.6 is 0 Å². The van der Waals surface area contributed by atoms with Gasteiger partial charge in [0.05, 0.1) is 17.6 Å². The van der Waals surface area contributed by atoms with E-state index >= 15 is 0 Å². The molecule has 2 fully saturated rings. The van der Waals surface area contributed by atoms with Crippen LogP contribution in [0.15, 0.2) is 0 Å². The second-order valence-electron chi connectivity index (χ2n) is 5.34. The van der Waals surface area contributed by atoms with Gasteiger partial charge in [0.15, 0.2) is 9.84 Å². The molecular formula is C11H18N2O6S. The smallest absolute Gasteiger partial charge is 0.326 e. The highest BCUT2D eigenvalue weighted by molar-refractivity contribution is 7.91. The van der Waals surface area contributed by atoms with Gasteiger partial charge in [-0.15, -0.1) is 0 Å². The molecular weight excluding hydrogens is 288 g/mol. The number of carboxylic acids is 1. The van der Waals surface area contributed by atoms with Crippen LogP contribution in [0.2, 0.25) is 0 Å². The van der Waals surface area contributed by atoms with Gasteiger partial charge in [-0.1, -0.05) is 0 Å². The van der Waals surface area contributed by atoms with Crippen molar-refractivity contribution in [1.82, 2.24) is 9.80 Å². The van der Waals surface area contributed by atoms with Gasteiger partial charge in [0.2, 0.25) is 0 Å². The highest BCUT2D eigenvalue weighted by Gasteiger charge is 2.42. The molecule has 9 heteroatoms. The summed E-state index contributed by atoms with van der Waals surface area (Å²) >= 11 is 0. The minimum Gasteiger partial charge on any atom is -0.480 e. The number of urea groups is 1. The molecule has 3 atom stereocenters. The standard InChI is InChI=1S/C11H18N2O6S/c1-7-6-20(18,19)3-2-12(7)11(17)13-5-8(14)4-9(13)10(15)16/h7-9,14H,2-6H2,1H3,(H,15,16). The molecule has 20 heavy (non-hydrogen) atoms. The number of likely N-dealkylation sites (tertiary alicyclic amines) is 1. The van der Waals surface area contributed by atoms with Crippen molar-refractivity contribution >= 4 is 21.8 Å². The lowest BCUT2D eigenvalue weighted by Gasteiger charge is -2.37. The Morgan fingerprint density at radius 3 is 2.45 bits per heavy atom. The van der Waals surface area contributed by atoms with Crippen molar-refractivity contribution in [1.29, 1.82) is 0 Å². The first-order valence-electron chi connectivity index (χ1n) is 6.40. The number of amides is 2. The van der Waals surface area contributed by atoms with E-state index in [1.54, 1.807) is 6.92 Å². The molecule has 3 unspecified atom stereocenters. The molecule has 0 aromatic carbocycles. The van der Waals surface area contributed by atoms with Crippen LogP contribution in [0.3, 0.4) is 0 Å². The first kappa shape index (κ1) is 15.0. The number of rotatable bonds is 1. The van der Waals surface area contributed by atoms with Crippen LogP contribution in [-0.2, 0) is 14.6 Å². The SMILES string of the molecule is CC1CS(=O)(=O)CCN1C(=O)N1CC(O)CC1C(=O)O. The molecule has 0 saturated carbocycles. The predicted octanol–water partition coefficient (Wildman–Crippen LogP) is -1.25. The molecule has 8 nitrogen and oxygen atoms in total. The van der Waals surface area contributed by atoms with Crippen LogP contribution < -0.4 is 0 Å². The van der Waals surface area contributed by atoms with Crippen molar-refractivity contribution in [3.8, 4) is 0 Å². The van der Waals surface area contributed by atoms with E-state index in [-0.39, 0.29) is 31.0 Å². The number of carbonyl (C=O) groups excluding carboxylic acids is 1. The first-order chi connectivity index (χ1) is 9.21. The average molecular weight is 306 g/mol. The Bertz CT molecular complexity index is 519. The second-order valence-corrected chi connectivity index (χ2v) is 7.56. The van der Waals surface area contributed by atoms with E-state index in [0.717, 1.165) is 4.90 Å². The monoisotopic (exact) mass is 306 g/mol. The lowest BCUT2D eigenvalue weighted by Crippen LogP contribution is -2.56. The Kier molecular flexibility index (Phi) is 3.92. The maximum Gasteiger partial charge on any atom is 0.326 e. The van der Waals surface area contributed by atoms with Crippen LogP contribution in [0.25, 0.3) is 0 Å². The Labute approximate surface area is 116 Å². The van der Waals surface area contributed by atoms with Crippen molar-refractivity contribution in [3.05, 3.63) is 0 Å². The fourth-order valence-corrected chi connectivity index (χ4v) is 4.26. The van der Waals surface area contributed by atoms with E-state index in [9.17, 15) is 23.1 Å². The molecule has 2 heterocycles. The van der Waals surface area contributed by atoms with Crippen molar-refractivity contribution in [3.63, 3.8) is 0 Å². The summed E-state index contributed by atoms with van der Waals surface area (Å²) in [6, 6.07) is -2.06. The number of nitrogens with zero attached hydrogens (tertiary/aromatic N) is 2. The molecule has 0 aliphatic carbocycles. The van der Waals surface area contributed by atoms with Crippen LogP contribution in [0, 0.1) is 0 Å². The van der Waals surface area contributed by atoms with Gasteiger partial charge in [0.25, 0.3) is 0 Å². The molecule has 2 aliphatic heterocycles. The number of hydrogen-bond acceptors (Lipinski definition) is 5. The van der Waals surface area contributed by atoms with E-state index in [4.69, 9.17) is 5.11 Å². The van der Waals surface area contributed by atoms with Crippen molar-refractivity contribution in [2.24, 2.45) is 0 Å². The molecule has 114 valence electrons. The van der Waals surface area contributed by atoms with Crippen LogP contribution in [0.5, 0.6) is 0 Å². The molecule has 0 spiro atoms. The highest BCUT2D eigenvalue weighted by atomic mass is 32.2. The highest BCUT2D eigenvalue weighted by Crippen LogP contribution is 2.22. The summed E-state index contributed by atoms with van der Waals surface area (Å²) in [7, 11) is -3.14. The van der Waals surface area contributed by atoms with Gasteiger partial charge in [-0.25, -0.2) is 18.0 Å². The lowest BCUT2D eigenvalue weighted by molar-refractivity contribution is -0.141. The van der Waals surface area contributed by atoms with Crippen molar-refractivity contribution in [2.75, 3.05) is 24.6 Å². The topological polar surface area (TPSA) is 115 Å². The number of aliphatic hydroxyl groups excluding tert-OH is 1. The molecule has 0 aromatic heterocycles. The second kappa shape index (κ2) is 5.21. The zero-order valence-corrected chi connectivity index (χ0v) is 11.9. The number of hydrogen-bond donors (Lipinski definition) is 2. The molecule has 2 amide bonds. The van der Waals surface area contributed by atoms with Crippen LogP contribution in [-0.4, -0.2) is 83.2 Å². The summed E-state index contributed by atoms with van der Waals surface area (Å²) in [6.45, 7) is 1.64. The summed E-state index contributed by atoms with van der Waals surface area (Å²) in [5, 5.41) is 18.6. The Morgan fingerprint density at radius 1 is 1.25 bits per heavy atom. The number of sulfone groups is 1. The molecule has 0 aromatic rings. The largest absolute Gasteiger partial charge is 0.480 e. The normalized spacial score (nSPS) is 33.2. The van der Waals surface area contributed by atoms with Gasteiger partial charge in [0, 0.05) is 25.6 Å². The number of carbonyl (C=O) groups is 2. The van der Waals surface area contributed by atoms with E-state index in [1.165, 1.54) is 4.90 Å². The summed E-state index contributed by atoms with van der Waals surface area (Å²) in [5.74, 6) is -1.39. The summed E-state index contributed by atoms with van der Waals surface area (Å²) in [4.78, 5) is 26.0. The summed E-state index contributed by atoms with van der Waals surface area (Å²) in [6.07, 6.45) is -0.856. The fourth-order valence-electron chi connectivity index (χ4n) is 2.71. The summed E-state index contributed by atoms with van der Waals surface area (Å²) < 4.78 is 23.0. The number of β-amino-alcohol motifs (C(OH)–C–C–N with tert-alkyl or cyclic N) is 1. The average Bonchev–Trinajstić information content (AvgIpc) is 2.69. The van der Waals surface area contributed by atoms with Gasteiger partial charge in [0.1, 0.15) is 6.04 Å². The molecule has 0 bridgehead atoms. The van der Waals surface area contributed by atoms with Gasteiger partial charge in [-0.3, -0.25) is 0 Å². The molecule has 2 saturated heterocycles. The first-order valence-corrected chi connectivity index (χ1v) is 8.22. The third kappa shape index (κ3) is 2.88. The third-order valence-electron chi connectivity index (χ3n) is 3.73. The Morgan fingerprint density at radius 2 is 1.90 bits per heavy atom. The predicted molar refractivity (Wildman–Crippen MR) is 69.0 cm³/mol. The maximum atomic E-state index is 12.4. The molecule has 2 aliphatic rings. The van der Waals surface area contributed by atoms with Crippen LogP contribution in [0.4, 0.5) is 4.79 Å². The van der Waals surface area contributed by atoms with E-state index in [1.807, 2.05) is 0 Å². The lowest BCUT2D eigenvalue weighted by atomic mass is 10.2. The van der Waals surface area contributed by atoms with Gasteiger partial charge in [-0.2, -0.15) is 0 Å². The number of aliphatic hydroxyl groups is 1. The minimum absolute atomic E-state index is 0.00158. The molecule has 0 radical (unpaired) electrons. The van der Waals surface area contributed by atoms with E-state index in [0.29, 0.717) is 0 Å². The van der Waals surface area contributed by atoms with E-state index < -0.39 is 40.0 Å². The minimum atomic E-state index is -3.14. The number of carboxylic acid groups (broad SMARTS) is 1. The Balaban J connectivity index is 2.13. The van der Waals surface area contributed by atoms with Crippen molar-refractivity contribution < 1.29 is 28.2 Å². The third-order valence-corrected chi connectivity index (χ3v) is 5.52. The zero-order chi connectivity index (χ0) is 15.1. The van der Waals surface area contributed by atoms with Gasteiger partial charge < -0.3 is 20.0 Å². The number of aliphatic carboxylic acids is 1. The zero-order valence-electron chi connectivity index (χ0n) is 11.1. The van der Waals surface area contributed by atoms with E-state index in [2.05, 4.69) is 0 Å². The van der Waals surface area contributed by atoms with Crippen molar-refractivity contribution in [2.45, 2.75) is 31.5 Å². The fraction of sp³-hybridized carbons (Fsp3) is 0.818. The van der Waals surface area contributed by atoms with Crippen LogP contribution in [0.1, 0.15) is 13.3 Å². The molecule has 2 N–H and O–H groups in total.